The van der Waals surface area contributed by atoms with Gasteiger partial charge in [0.05, 0.1) is 5.60 Å². The third-order valence-corrected chi connectivity index (χ3v) is 2.14. The fraction of sp³-hybridized carbons (Fsp3) is 0.636. The van der Waals surface area contributed by atoms with Gasteiger partial charge in [-0.3, -0.25) is 0 Å². The maximum Gasteiger partial charge on any atom is 0.0869 e. The first-order chi connectivity index (χ1) is 6.99. The van der Waals surface area contributed by atoms with E-state index in [1.54, 1.807) is 0 Å². The van der Waals surface area contributed by atoms with Gasteiger partial charge in [-0.25, -0.2) is 0 Å². The lowest BCUT2D eigenvalue weighted by Gasteiger charge is -2.27. The Morgan fingerprint density at radius 1 is 1.53 bits per heavy atom. The number of nitrogens with zero attached hydrogens (tertiary/aromatic N) is 1. The number of aliphatic hydroxyl groups is 1. The van der Waals surface area contributed by atoms with E-state index in [0.717, 1.165) is 12.2 Å². The minimum absolute atomic E-state index is 0.588. The van der Waals surface area contributed by atoms with Crippen LogP contribution in [0.1, 0.15) is 12.6 Å². The Balaban J connectivity index is 2.24. The minimum Gasteiger partial charge on any atom is -0.388 e. The van der Waals surface area contributed by atoms with Crippen molar-refractivity contribution in [3.63, 3.8) is 0 Å². The summed E-state index contributed by atoms with van der Waals surface area (Å²) >= 11 is 0. The predicted molar refractivity (Wildman–Crippen MR) is 61.7 cm³/mol. The summed E-state index contributed by atoms with van der Waals surface area (Å²) in [6.07, 6.45) is 1.90. The quantitative estimate of drug-likeness (QED) is 0.639. The lowest BCUT2D eigenvalue weighted by molar-refractivity contribution is 0.0335. The molecule has 0 spiro atoms. The van der Waals surface area contributed by atoms with E-state index in [4.69, 9.17) is 0 Å². The van der Waals surface area contributed by atoms with Crippen LogP contribution in [0.5, 0.6) is 0 Å². The Morgan fingerprint density at radius 2 is 2.27 bits per heavy atom. The number of hydrogen-bond acceptors (Lipinski definition) is 3. The zero-order valence-electron chi connectivity index (χ0n) is 9.75. The van der Waals surface area contributed by atoms with Crippen LogP contribution in [-0.4, -0.2) is 47.8 Å². The number of hydrogen-bond donors (Lipinski definition) is 3. The summed E-state index contributed by atoms with van der Waals surface area (Å²) in [5.74, 6) is 0. The molecule has 4 heteroatoms. The first kappa shape index (κ1) is 12.2. The third kappa shape index (κ3) is 4.97. The van der Waals surface area contributed by atoms with Crippen LogP contribution in [0, 0.1) is 0 Å². The molecular weight excluding hydrogens is 190 g/mol. The van der Waals surface area contributed by atoms with Crippen LogP contribution in [0.4, 0.5) is 0 Å². The first-order valence-electron chi connectivity index (χ1n) is 5.20. The van der Waals surface area contributed by atoms with Crippen molar-refractivity contribution in [2.24, 2.45) is 0 Å². The van der Waals surface area contributed by atoms with E-state index < -0.39 is 5.60 Å². The molecule has 0 aliphatic heterocycles. The van der Waals surface area contributed by atoms with Crippen molar-refractivity contribution in [3.8, 4) is 0 Å². The van der Waals surface area contributed by atoms with Crippen molar-refractivity contribution in [2.45, 2.75) is 19.1 Å². The average molecular weight is 211 g/mol. The van der Waals surface area contributed by atoms with Gasteiger partial charge in [0.15, 0.2) is 0 Å². The van der Waals surface area contributed by atoms with Crippen molar-refractivity contribution in [1.82, 2.24) is 15.2 Å². The standard InChI is InChI=1S/C11H21N3O/c1-11(15,9-14(2)3)8-12-7-10-5-4-6-13-10/h4-6,12-13,15H,7-9H2,1-3H3. The highest BCUT2D eigenvalue weighted by molar-refractivity contribution is 5.03. The second-order valence-electron chi connectivity index (χ2n) is 4.53. The molecule has 1 atom stereocenters. The molecular formula is C11H21N3O. The Morgan fingerprint density at radius 3 is 2.80 bits per heavy atom. The fourth-order valence-corrected chi connectivity index (χ4v) is 1.68. The van der Waals surface area contributed by atoms with Crippen LogP contribution in [0.25, 0.3) is 0 Å². The number of aromatic nitrogens is 1. The summed E-state index contributed by atoms with van der Waals surface area (Å²) in [7, 11) is 3.92. The molecule has 15 heavy (non-hydrogen) atoms. The van der Waals surface area contributed by atoms with Crippen LogP contribution in [0.3, 0.4) is 0 Å². The van der Waals surface area contributed by atoms with Crippen molar-refractivity contribution in [2.75, 3.05) is 27.2 Å². The second-order valence-corrected chi connectivity index (χ2v) is 4.53. The van der Waals surface area contributed by atoms with Gasteiger partial charge in [0.2, 0.25) is 0 Å². The molecule has 1 heterocycles. The van der Waals surface area contributed by atoms with Gasteiger partial charge >= 0.3 is 0 Å². The van der Waals surface area contributed by atoms with Crippen LogP contribution in [-0.2, 0) is 6.54 Å². The van der Waals surface area contributed by atoms with Gasteiger partial charge in [0, 0.05) is 31.5 Å². The largest absolute Gasteiger partial charge is 0.388 e. The zero-order chi connectivity index (χ0) is 11.3. The summed E-state index contributed by atoms with van der Waals surface area (Å²) in [4.78, 5) is 5.09. The van der Waals surface area contributed by atoms with Gasteiger partial charge in [-0.1, -0.05) is 0 Å². The number of aromatic amines is 1. The molecule has 1 rings (SSSR count). The normalized spacial score (nSPS) is 15.5. The number of likely N-dealkylation sites (N-methyl/N-ethyl adjacent to an activating group) is 1. The van der Waals surface area contributed by atoms with Crippen LogP contribution in [0.15, 0.2) is 18.3 Å². The molecule has 86 valence electrons. The minimum atomic E-state index is -0.684. The highest BCUT2D eigenvalue weighted by Crippen LogP contribution is 2.03. The van der Waals surface area contributed by atoms with Crippen LogP contribution < -0.4 is 5.32 Å². The van der Waals surface area contributed by atoms with E-state index in [1.165, 1.54) is 0 Å². The topological polar surface area (TPSA) is 51.3 Å². The van der Waals surface area contributed by atoms with Crippen molar-refractivity contribution < 1.29 is 5.11 Å². The lowest BCUT2D eigenvalue weighted by Crippen LogP contribution is -2.45. The van der Waals surface area contributed by atoms with Gasteiger partial charge in [0.25, 0.3) is 0 Å². The van der Waals surface area contributed by atoms with Crippen LogP contribution >= 0.6 is 0 Å². The molecule has 4 nitrogen and oxygen atoms in total. The van der Waals surface area contributed by atoms with Gasteiger partial charge in [-0.15, -0.1) is 0 Å². The molecule has 3 N–H and O–H groups in total. The van der Waals surface area contributed by atoms with Crippen molar-refractivity contribution >= 4 is 0 Å². The van der Waals surface area contributed by atoms with Gasteiger partial charge in [-0.2, -0.15) is 0 Å². The molecule has 1 unspecified atom stereocenters. The number of H-pyrrole nitrogens is 1. The molecule has 0 saturated carbocycles. The highest BCUT2D eigenvalue weighted by Gasteiger charge is 2.20. The van der Waals surface area contributed by atoms with E-state index in [0.29, 0.717) is 13.1 Å². The smallest absolute Gasteiger partial charge is 0.0869 e. The maximum absolute atomic E-state index is 10.00. The van der Waals surface area contributed by atoms with Crippen molar-refractivity contribution in [3.05, 3.63) is 24.0 Å². The van der Waals surface area contributed by atoms with Gasteiger partial charge in [-0.05, 0) is 33.2 Å². The molecule has 0 bridgehead atoms. The third-order valence-electron chi connectivity index (χ3n) is 2.14. The monoisotopic (exact) mass is 211 g/mol. The van der Waals surface area contributed by atoms with Crippen LogP contribution in [0.2, 0.25) is 0 Å². The van der Waals surface area contributed by atoms with E-state index >= 15 is 0 Å². The van der Waals surface area contributed by atoms with Gasteiger partial charge < -0.3 is 20.3 Å². The number of rotatable bonds is 6. The highest BCUT2D eigenvalue weighted by atomic mass is 16.3. The molecule has 1 aromatic rings. The van der Waals surface area contributed by atoms with E-state index in [2.05, 4.69) is 10.3 Å². The van der Waals surface area contributed by atoms with Crippen molar-refractivity contribution in [1.29, 1.82) is 0 Å². The van der Waals surface area contributed by atoms with E-state index in [1.807, 2.05) is 44.2 Å². The average Bonchev–Trinajstić information content (AvgIpc) is 2.53. The summed E-state index contributed by atoms with van der Waals surface area (Å²) in [6.45, 7) is 3.85. The van der Waals surface area contributed by atoms with E-state index in [9.17, 15) is 5.11 Å². The second kappa shape index (κ2) is 5.30. The summed E-state index contributed by atoms with van der Waals surface area (Å²) < 4.78 is 0. The Labute approximate surface area is 91.3 Å². The molecule has 0 aliphatic carbocycles. The maximum atomic E-state index is 10.00. The summed E-state index contributed by atoms with van der Waals surface area (Å²) in [5, 5.41) is 13.2. The predicted octanol–water partition coefficient (Wildman–Crippen LogP) is 0.417. The fourth-order valence-electron chi connectivity index (χ4n) is 1.68. The SMILES string of the molecule is CN(C)CC(C)(O)CNCc1ccc[nH]1. The molecule has 0 fully saturated rings. The summed E-state index contributed by atoms with van der Waals surface area (Å²) in [6, 6.07) is 3.99. The molecule has 0 saturated heterocycles. The molecule has 0 amide bonds. The molecule has 0 aromatic carbocycles. The lowest BCUT2D eigenvalue weighted by atomic mass is 10.1. The molecule has 1 aromatic heterocycles. The van der Waals surface area contributed by atoms with Gasteiger partial charge in [0.1, 0.15) is 0 Å². The molecule has 0 aliphatic rings. The van der Waals surface area contributed by atoms with E-state index in [-0.39, 0.29) is 0 Å². The summed E-state index contributed by atoms with van der Waals surface area (Å²) in [5.41, 5.74) is 0.450. The Hall–Kier alpha value is -0.840. The number of nitrogens with one attached hydrogen (secondary N) is 2. The zero-order valence-corrected chi connectivity index (χ0v) is 9.75. The first-order valence-corrected chi connectivity index (χ1v) is 5.20. The molecule has 0 radical (unpaired) electrons. The Bertz CT molecular complexity index is 267. The Kier molecular flexibility index (Phi) is 4.32.